The van der Waals surface area contributed by atoms with Gasteiger partial charge in [0.2, 0.25) is 0 Å². The molecule has 1 fully saturated rings. The third kappa shape index (κ3) is 3.35. The highest BCUT2D eigenvalue weighted by Crippen LogP contribution is 2.55. The van der Waals surface area contributed by atoms with E-state index >= 15 is 0 Å². The van der Waals surface area contributed by atoms with Crippen LogP contribution in [0.5, 0.6) is 0 Å². The van der Waals surface area contributed by atoms with Crippen molar-refractivity contribution in [1.29, 1.82) is 0 Å². The second kappa shape index (κ2) is 5.57. The molecule has 0 bridgehead atoms. The Labute approximate surface area is 101 Å². The predicted octanol–water partition coefficient (Wildman–Crippen LogP) is 3.25. The molecule has 1 aliphatic carbocycles. The minimum absolute atomic E-state index is 0.117. The van der Waals surface area contributed by atoms with E-state index in [9.17, 15) is 13.2 Å². The van der Waals surface area contributed by atoms with Gasteiger partial charge in [0.25, 0.3) is 0 Å². The van der Waals surface area contributed by atoms with Gasteiger partial charge >= 0.3 is 6.18 Å². The van der Waals surface area contributed by atoms with Crippen molar-refractivity contribution in [2.24, 2.45) is 11.1 Å². The van der Waals surface area contributed by atoms with Gasteiger partial charge in [0.05, 0.1) is 11.5 Å². The molecule has 0 heterocycles. The molecule has 1 saturated carbocycles. The highest BCUT2D eigenvalue weighted by Gasteiger charge is 2.60. The van der Waals surface area contributed by atoms with Gasteiger partial charge in [-0.15, -0.1) is 0 Å². The van der Waals surface area contributed by atoms with Gasteiger partial charge in [-0.05, 0) is 39.5 Å². The lowest BCUT2D eigenvalue weighted by atomic mass is 9.62. The highest BCUT2D eigenvalue weighted by atomic mass is 19.4. The van der Waals surface area contributed by atoms with Crippen molar-refractivity contribution in [3.8, 4) is 0 Å². The molecule has 2 nitrogen and oxygen atoms in total. The zero-order chi connectivity index (χ0) is 13.1. The molecule has 0 aromatic rings. The molecule has 0 aliphatic heterocycles. The number of hydrogen-bond acceptors (Lipinski definition) is 2. The van der Waals surface area contributed by atoms with E-state index < -0.39 is 17.6 Å². The summed E-state index contributed by atoms with van der Waals surface area (Å²) >= 11 is 0. The van der Waals surface area contributed by atoms with Crippen molar-refractivity contribution in [3.05, 3.63) is 0 Å². The van der Waals surface area contributed by atoms with Gasteiger partial charge in [-0.25, -0.2) is 0 Å². The fourth-order valence-corrected chi connectivity index (χ4v) is 2.32. The molecule has 5 heteroatoms. The van der Waals surface area contributed by atoms with Crippen LogP contribution in [-0.4, -0.2) is 24.9 Å². The first-order chi connectivity index (χ1) is 7.79. The number of nitrogens with two attached hydrogens (primary N) is 1. The molecule has 1 rings (SSSR count). The lowest BCUT2D eigenvalue weighted by molar-refractivity contribution is -0.259. The number of halogens is 3. The topological polar surface area (TPSA) is 35.2 Å². The summed E-state index contributed by atoms with van der Waals surface area (Å²) in [6.07, 6.45) is -2.07. The molecular formula is C12H22F3NO. The third-order valence-electron chi connectivity index (χ3n) is 3.63. The molecule has 1 atom stereocenters. The van der Waals surface area contributed by atoms with Crippen LogP contribution >= 0.6 is 0 Å². The van der Waals surface area contributed by atoms with Crippen LogP contribution in [0, 0.1) is 5.41 Å². The zero-order valence-electron chi connectivity index (χ0n) is 10.5. The van der Waals surface area contributed by atoms with Gasteiger partial charge in [-0.1, -0.05) is 6.42 Å². The maximum Gasteiger partial charge on any atom is 0.395 e. The molecule has 0 spiro atoms. The fraction of sp³-hybridized carbons (Fsp3) is 1.00. The van der Waals surface area contributed by atoms with Crippen molar-refractivity contribution in [3.63, 3.8) is 0 Å². The summed E-state index contributed by atoms with van der Waals surface area (Å²) in [5, 5.41) is 0. The Balaban J connectivity index is 2.38. The Morgan fingerprint density at radius 3 is 2.24 bits per heavy atom. The average molecular weight is 253 g/mol. The zero-order valence-corrected chi connectivity index (χ0v) is 10.5. The maximum absolute atomic E-state index is 12.9. The van der Waals surface area contributed by atoms with Crippen LogP contribution in [0.3, 0.4) is 0 Å². The van der Waals surface area contributed by atoms with Crippen LogP contribution < -0.4 is 5.73 Å². The molecule has 17 heavy (non-hydrogen) atoms. The van der Waals surface area contributed by atoms with E-state index in [0.29, 0.717) is 25.9 Å². The van der Waals surface area contributed by atoms with Gasteiger partial charge in [0.15, 0.2) is 0 Å². The molecule has 0 amide bonds. The van der Waals surface area contributed by atoms with Gasteiger partial charge in [-0.3, -0.25) is 0 Å². The fourth-order valence-electron chi connectivity index (χ4n) is 2.32. The molecule has 1 unspecified atom stereocenters. The SMILES string of the molecule is CC(C)OCCCC(N)C1(C(F)(F)F)CCC1. The molecule has 102 valence electrons. The lowest BCUT2D eigenvalue weighted by Crippen LogP contribution is -2.56. The number of alkyl halides is 3. The van der Waals surface area contributed by atoms with Crippen LogP contribution in [0.4, 0.5) is 13.2 Å². The van der Waals surface area contributed by atoms with Crippen LogP contribution in [0.2, 0.25) is 0 Å². The smallest absolute Gasteiger partial charge is 0.379 e. The number of ether oxygens (including phenoxy) is 1. The molecule has 0 radical (unpaired) electrons. The number of rotatable bonds is 6. The minimum Gasteiger partial charge on any atom is -0.379 e. The van der Waals surface area contributed by atoms with Crippen LogP contribution in [0.25, 0.3) is 0 Å². The Hall–Kier alpha value is -0.290. The lowest BCUT2D eigenvalue weighted by Gasteiger charge is -2.47. The normalized spacial score (nSPS) is 21.4. The molecule has 2 N–H and O–H groups in total. The first kappa shape index (κ1) is 14.8. The van der Waals surface area contributed by atoms with Crippen molar-refractivity contribution in [2.45, 2.75) is 64.3 Å². The molecule has 0 aromatic heterocycles. The molecule has 0 aromatic carbocycles. The Morgan fingerprint density at radius 2 is 1.88 bits per heavy atom. The summed E-state index contributed by atoms with van der Waals surface area (Å²) in [5.74, 6) is 0. The van der Waals surface area contributed by atoms with Crippen LogP contribution in [-0.2, 0) is 4.74 Å². The Bertz CT molecular complexity index is 236. The molecular weight excluding hydrogens is 231 g/mol. The van der Waals surface area contributed by atoms with Gasteiger partial charge in [0, 0.05) is 12.6 Å². The van der Waals surface area contributed by atoms with Crippen LogP contribution in [0.1, 0.15) is 46.0 Å². The second-order valence-electron chi connectivity index (χ2n) is 5.18. The summed E-state index contributed by atoms with van der Waals surface area (Å²) < 4.78 is 44.1. The molecule has 0 saturated heterocycles. The minimum atomic E-state index is -4.16. The predicted molar refractivity (Wildman–Crippen MR) is 60.6 cm³/mol. The first-order valence-corrected chi connectivity index (χ1v) is 6.23. The highest BCUT2D eigenvalue weighted by molar-refractivity contribution is 5.00. The average Bonchev–Trinajstić information content (AvgIpc) is 2.07. The Morgan fingerprint density at radius 1 is 1.29 bits per heavy atom. The molecule has 1 aliphatic rings. The van der Waals surface area contributed by atoms with E-state index in [0.717, 1.165) is 0 Å². The van der Waals surface area contributed by atoms with Crippen molar-refractivity contribution in [2.75, 3.05) is 6.61 Å². The summed E-state index contributed by atoms with van der Waals surface area (Å²) in [5.41, 5.74) is 4.12. The van der Waals surface area contributed by atoms with E-state index in [-0.39, 0.29) is 18.9 Å². The third-order valence-corrected chi connectivity index (χ3v) is 3.63. The summed E-state index contributed by atoms with van der Waals surface area (Å²) in [6, 6.07) is -0.785. The second-order valence-corrected chi connectivity index (χ2v) is 5.18. The summed E-state index contributed by atoms with van der Waals surface area (Å²) in [6.45, 7) is 4.30. The van der Waals surface area contributed by atoms with Gasteiger partial charge in [0.1, 0.15) is 0 Å². The van der Waals surface area contributed by atoms with E-state index in [2.05, 4.69) is 0 Å². The number of hydrogen-bond donors (Lipinski definition) is 1. The maximum atomic E-state index is 12.9. The quantitative estimate of drug-likeness (QED) is 0.737. The first-order valence-electron chi connectivity index (χ1n) is 6.23. The standard InChI is InChI=1S/C12H22F3NO/c1-9(2)17-8-3-5-10(16)11(6-4-7-11)12(13,14)15/h9-10H,3-8,16H2,1-2H3. The Kier molecular flexibility index (Phi) is 4.84. The van der Waals surface area contributed by atoms with Gasteiger partial charge in [-0.2, -0.15) is 13.2 Å². The van der Waals surface area contributed by atoms with Crippen molar-refractivity contribution >= 4 is 0 Å². The van der Waals surface area contributed by atoms with Crippen molar-refractivity contribution in [1.82, 2.24) is 0 Å². The van der Waals surface area contributed by atoms with E-state index in [1.165, 1.54) is 0 Å². The largest absolute Gasteiger partial charge is 0.395 e. The van der Waals surface area contributed by atoms with E-state index in [4.69, 9.17) is 10.5 Å². The van der Waals surface area contributed by atoms with E-state index in [1.807, 2.05) is 13.8 Å². The van der Waals surface area contributed by atoms with E-state index in [1.54, 1.807) is 0 Å². The van der Waals surface area contributed by atoms with Gasteiger partial charge < -0.3 is 10.5 Å². The summed E-state index contributed by atoms with van der Waals surface area (Å²) in [7, 11) is 0. The van der Waals surface area contributed by atoms with Crippen molar-refractivity contribution < 1.29 is 17.9 Å². The monoisotopic (exact) mass is 253 g/mol. The van der Waals surface area contributed by atoms with Crippen LogP contribution in [0.15, 0.2) is 0 Å². The summed E-state index contributed by atoms with van der Waals surface area (Å²) in [4.78, 5) is 0.